The SMILES string of the molecule is CCCS(=O)(=O)c1ccc(NC2(C(=O)O)CCCC2)cc1. The van der Waals surface area contributed by atoms with Crippen LogP contribution in [0.25, 0.3) is 0 Å². The highest BCUT2D eigenvalue weighted by atomic mass is 32.2. The molecule has 0 bridgehead atoms. The van der Waals surface area contributed by atoms with Crippen molar-refractivity contribution in [2.75, 3.05) is 11.1 Å². The molecule has 0 aromatic heterocycles. The first-order chi connectivity index (χ1) is 9.89. The first kappa shape index (κ1) is 15.8. The summed E-state index contributed by atoms with van der Waals surface area (Å²) < 4.78 is 23.9. The lowest BCUT2D eigenvalue weighted by molar-refractivity contribution is -0.142. The van der Waals surface area contributed by atoms with Gasteiger partial charge in [0, 0.05) is 5.69 Å². The summed E-state index contributed by atoms with van der Waals surface area (Å²) in [6.45, 7) is 1.82. The van der Waals surface area contributed by atoms with Gasteiger partial charge in [0.25, 0.3) is 0 Å². The smallest absolute Gasteiger partial charge is 0.329 e. The minimum absolute atomic E-state index is 0.124. The molecule has 0 aliphatic heterocycles. The van der Waals surface area contributed by atoms with Crippen LogP contribution in [0.2, 0.25) is 0 Å². The van der Waals surface area contributed by atoms with Gasteiger partial charge in [0.2, 0.25) is 0 Å². The van der Waals surface area contributed by atoms with Crippen molar-refractivity contribution < 1.29 is 18.3 Å². The maximum absolute atomic E-state index is 11.9. The number of carbonyl (C=O) groups is 1. The number of rotatable bonds is 6. The maximum atomic E-state index is 11.9. The van der Waals surface area contributed by atoms with E-state index in [0.717, 1.165) is 12.8 Å². The molecule has 0 amide bonds. The molecule has 2 rings (SSSR count). The molecule has 1 aromatic carbocycles. The third-order valence-electron chi connectivity index (χ3n) is 3.94. The van der Waals surface area contributed by atoms with Crippen molar-refractivity contribution in [1.82, 2.24) is 0 Å². The van der Waals surface area contributed by atoms with Crippen molar-refractivity contribution in [1.29, 1.82) is 0 Å². The van der Waals surface area contributed by atoms with E-state index in [4.69, 9.17) is 0 Å². The van der Waals surface area contributed by atoms with E-state index in [9.17, 15) is 18.3 Å². The first-order valence-corrected chi connectivity index (χ1v) is 8.89. The molecule has 0 spiro atoms. The van der Waals surface area contributed by atoms with E-state index in [1.807, 2.05) is 6.92 Å². The van der Waals surface area contributed by atoms with Crippen LogP contribution in [0, 0.1) is 0 Å². The lowest BCUT2D eigenvalue weighted by atomic mass is 9.97. The van der Waals surface area contributed by atoms with Crippen molar-refractivity contribution in [2.45, 2.75) is 49.5 Å². The van der Waals surface area contributed by atoms with Crippen LogP contribution in [0.15, 0.2) is 29.2 Å². The largest absolute Gasteiger partial charge is 0.480 e. The second kappa shape index (κ2) is 6.05. The lowest BCUT2D eigenvalue weighted by Crippen LogP contribution is -2.43. The second-order valence-corrected chi connectivity index (χ2v) is 7.67. The number of nitrogens with one attached hydrogen (secondary N) is 1. The van der Waals surface area contributed by atoms with Gasteiger partial charge in [-0.25, -0.2) is 13.2 Å². The predicted octanol–water partition coefficient (Wildman–Crippen LogP) is 2.68. The summed E-state index contributed by atoms with van der Waals surface area (Å²) in [5, 5.41) is 12.5. The van der Waals surface area contributed by atoms with Crippen molar-refractivity contribution in [3.8, 4) is 0 Å². The molecular formula is C15H21NO4S. The van der Waals surface area contributed by atoms with E-state index in [-0.39, 0.29) is 10.6 Å². The Morgan fingerprint density at radius 2 is 1.81 bits per heavy atom. The van der Waals surface area contributed by atoms with E-state index in [0.29, 0.717) is 24.9 Å². The van der Waals surface area contributed by atoms with Crippen molar-refractivity contribution in [3.63, 3.8) is 0 Å². The molecule has 1 fully saturated rings. The van der Waals surface area contributed by atoms with Crippen LogP contribution < -0.4 is 5.32 Å². The summed E-state index contributed by atoms with van der Waals surface area (Å²) in [6, 6.07) is 6.37. The Morgan fingerprint density at radius 1 is 1.24 bits per heavy atom. The van der Waals surface area contributed by atoms with Gasteiger partial charge in [0.05, 0.1) is 10.6 Å². The third kappa shape index (κ3) is 3.37. The van der Waals surface area contributed by atoms with E-state index < -0.39 is 21.3 Å². The standard InChI is InChI=1S/C15H21NO4S/c1-2-11-21(19,20)13-7-5-12(6-8-13)16-15(14(17)18)9-3-4-10-15/h5-8,16H,2-4,9-11H2,1H3,(H,17,18). The molecule has 0 radical (unpaired) electrons. The molecule has 5 nitrogen and oxygen atoms in total. The van der Waals surface area contributed by atoms with Crippen LogP contribution in [0.1, 0.15) is 39.0 Å². The van der Waals surface area contributed by atoms with Gasteiger partial charge in [-0.2, -0.15) is 0 Å². The molecule has 6 heteroatoms. The van der Waals surface area contributed by atoms with Gasteiger partial charge < -0.3 is 10.4 Å². The van der Waals surface area contributed by atoms with Gasteiger partial charge in [0.15, 0.2) is 9.84 Å². The number of hydrogen-bond donors (Lipinski definition) is 2. The molecule has 1 saturated carbocycles. The highest BCUT2D eigenvalue weighted by Gasteiger charge is 2.41. The summed E-state index contributed by atoms with van der Waals surface area (Å²) in [6.07, 6.45) is 3.55. The Kier molecular flexibility index (Phi) is 4.56. The van der Waals surface area contributed by atoms with Crippen LogP contribution in [0.3, 0.4) is 0 Å². The molecule has 1 aliphatic rings. The first-order valence-electron chi connectivity index (χ1n) is 7.24. The van der Waals surface area contributed by atoms with Crippen LogP contribution in [-0.2, 0) is 14.6 Å². The third-order valence-corrected chi connectivity index (χ3v) is 5.87. The summed E-state index contributed by atoms with van der Waals surface area (Å²) in [5.41, 5.74) is -0.265. The van der Waals surface area contributed by atoms with E-state index in [2.05, 4.69) is 5.32 Å². The molecule has 0 saturated heterocycles. The molecule has 0 unspecified atom stereocenters. The number of carboxylic acids is 1. The summed E-state index contributed by atoms with van der Waals surface area (Å²) in [7, 11) is -3.23. The Bertz CT molecular complexity index is 601. The Balaban J connectivity index is 2.18. The molecule has 0 heterocycles. The molecule has 1 aromatic rings. The minimum atomic E-state index is -3.23. The van der Waals surface area contributed by atoms with Crippen molar-refractivity contribution in [3.05, 3.63) is 24.3 Å². The zero-order valence-corrected chi connectivity index (χ0v) is 12.9. The maximum Gasteiger partial charge on any atom is 0.329 e. The predicted molar refractivity (Wildman–Crippen MR) is 81.2 cm³/mol. The van der Waals surface area contributed by atoms with E-state index >= 15 is 0 Å². The van der Waals surface area contributed by atoms with Gasteiger partial charge in [-0.3, -0.25) is 0 Å². The summed E-state index contributed by atoms with van der Waals surface area (Å²) >= 11 is 0. The molecular weight excluding hydrogens is 290 g/mol. The van der Waals surface area contributed by atoms with Crippen LogP contribution >= 0.6 is 0 Å². The second-order valence-electron chi connectivity index (χ2n) is 5.56. The number of anilines is 1. The number of aliphatic carboxylic acids is 1. The fraction of sp³-hybridized carbons (Fsp3) is 0.533. The molecule has 0 atom stereocenters. The Hall–Kier alpha value is -1.56. The van der Waals surface area contributed by atoms with Crippen LogP contribution in [0.5, 0.6) is 0 Å². The summed E-state index contributed by atoms with van der Waals surface area (Å²) in [5.74, 6) is -0.721. The average Bonchev–Trinajstić information content (AvgIpc) is 2.89. The molecule has 21 heavy (non-hydrogen) atoms. The summed E-state index contributed by atoms with van der Waals surface area (Å²) in [4.78, 5) is 11.8. The van der Waals surface area contributed by atoms with E-state index in [1.165, 1.54) is 12.1 Å². The zero-order valence-electron chi connectivity index (χ0n) is 12.1. The highest BCUT2D eigenvalue weighted by molar-refractivity contribution is 7.91. The van der Waals surface area contributed by atoms with Crippen LogP contribution in [0.4, 0.5) is 5.69 Å². The van der Waals surface area contributed by atoms with Gasteiger partial charge in [-0.1, -0.05) is 19.8 Å². The minimum Gasteiger partial charge on any atom is -0.480 e. The topological polar surface area (TPSA) is 83.5 Å². The van der Waals surface area contributed by atoms with Crippen LogP contribution in [-0.4, -0.2) is 30.8 Å². The van der Waals surface area contributed by atoms with Gasteiger partial charge in [-0.05, 0) is 43.5 Å². The average molecular weight is 311 g/mol. The number of hydrogen-bond acceptors (Lipinski definition) is 4. The fourth-order valence-corrected chi connectivity index (χ4v) is 4.10. The number of benzene rings is 1. The number of carboxylic acid groups (broad SMARTS) is 1. The van der Waals surface area contributed by atoms with Gasteiger partial charge in [0.1, 0.15) is 5.54 Å². The van der Waals surface area contributed by atoms with Gasteiger partial charge in [-0.15, -0.1) is 0 Å². The zero-order chi connectivity index (χ0) is 15.5. The Labute approximate surface area is 125 Å². The molecule has 1 aliphatic carbocycles. The Morgan fingerprint density at radius 3 is 2.29 bits per heavy atom. The normalized spacial score (nSPS) is 17.6. The lowest BCUT2D eigenvalue weighted by Gasteiger charge is -2.26. The quantitative estimate of drug-likeness (QED) is 0.844. The van der Waals surface area contributed by atoms with E-state index in [1.54, 1.807) is 12.1 Å². The van der Waals surface area contributed by atoms with Crippen molar-refractivity contribution >= 4 is 21.5 Å². The monoisotopic (exact) mass is 311 g/mol. The van der Waals surface area contributed by atoms with Gasteiger partial charge >= 0.3 is 5.97 Å². The highest BCUT2D eigenvalue weighted by Crippen LogP contribution is 2.33. The fourth-order valence-electron chi connectivity index (χ4n) is 2.78. The van der Waals surface area contributed by atoms with Crippen molar-refractivity contribution in [2.24, 2.45) is 0 Å². The number of sulfone groups is 1. The molecule has 116 valence electrons. The molecule has 2 N–H and O–H groups in total.